The van der Waals surface area contributed by atoms with Crippen LogP contribution < -0.4 is 0 Å². The average Bonchev–Trinajstić information content (AvgIpc) is 2.69. The molecule has 8 heteroatoms. The zero-order valence-electron chi connectivity index (χ0n) is 11.5. The van der Waals surface area contributed by atoms with Crippen molar-refractivity contribution in [2.75, 3.05) is 19.8 Å². The molecule has 1 heterocycles. The predicted octanol–water partition coefficient (Wildman–Crippen LogP) is 1.74. The van der Waals surface area contributed by atoms with Gasteiger partial charge in [-0.2, -0.15) is 0 Å². The molecule has 19 heavy (non-hydrogen) atoms. The summed E-state index contributed by atoms with van der Waals surface area (Å²) in [6, 6.07) is -0.333. The highest BCUT2D eigenvalue weighted by Gasteiger charge is 2.32. The standard InChI is InChI=1S/C11H22NO6P/c1-11(2,3)8-17-10(13)12-6-4-5-9(12)7-18-19(14,15)16/h9H,4-8H2,1-3H3,(H2,14,15,16). The summed E-state index contributed by atoms with van der Waals surface area (Å²) >= 11 is 0. The van der Waals surface area contributed by atoms with Crippen molar-refractivity contribution in [2.45, 2.75) is 39.7 Å². The van der Waals surface area contributed by atoms with Crippen molar-refractivity contribution in [2.24, 2.45) is 5.41 Å². The third kappa shape index (κ3) is 6.38. The first-order valence-electron chi connectivity index (χ1n) is 6.22. The maximum atomic E-state index is 11.9. The Morgan fingerprint density at radius 2 is 2.05 bits per heavy atom. The van der Waals surface area contributed by atoms with E-state index in [-0.39, 0.29) is 18.1 Å². The number of phosphoric ester groups is 1. The molecule has 0 bridgehead atoms. The van der Waals surface area contributed by atoms with E-state index in [2.05, 4.69) is 4.52 Å². The number of hydrogen-bond donors (Lipinski definition) is 2. The number of ether oxygens (including phenoxy) is 1. The highest BCUT2D eigenvalue weighted by Crippen LogP contribution is 2.37. The second-order valence-corrected chi connectivity index (χ2v) is 7.13. The minimum Gasteiger partial charge on any atom is -0.449 e. The fraction of sp³-hybridized carbons (Fsp3) is 0.909. The van der Waals surface area contributed by atoms with Crippen LogP contribution in [-0.2, 0) is 13.8 Å². The summed E-state index contributed by atoms with van der Waals surface area (Å²) in [6.07, 6.45) is 0.983. The quantitative estimate of drug-likeness (QED) is 0.767. The highest BCUT2D eigenvalue weighted by molar-refractivity contribution is 7.46. The molecule has 1 aliphatic rings. The molecular formula is C11H22NO6P. The van der Waals surface area contributed by atoms with Gasteiger partial charge in [-0.05, 0) is 18.3 Å². The van der Waals surface area contributed by atoms with Crippen molar-refractivity contribution in [1.82, 2.24) is 4.90 Å². The van der Waals surface area contributed by atoms with E-state index >= 15 is 0 Å². The summed E-state index contributed by atoms with van der Waals surface area (Å²) in [5, 5.41) is 0. The molecule has 1 saturated heterocycles. The molecule has 0 saturated carbocycles. The molecule has 0 aliphatic carbocycles. The first-order chi connectivity index (χ1) is 8.58. The van der Waals surface area contributed by atoms with Crippen molar-refractivity contribution >= 4 is 13.9 Å². The second-order valence-electron chi connectivity index (χ2n) is 5.89. The molecule has 7 nitrogen and oxygen atoms in total. The van der Waals surface area contributed by atoms with Crippen LogP contribution in [0.15, 0.2) is 0 Å². The van der Waals surface area contributed by atoms with Gasteiger partial charge in [-0.3, -0.25) is 4.52 Å². The van der Waals surface area contributed by atoms with Gasteiger partial charge in [-0.25, -0.2) is 9.36 Å². The van der Waals surface area contributed by atoms with Gasteiger partial charge in [0.2, 0.25) is 0 Å². The molecule has 2 N–H and O–H groups in total. The van der Waals surface area contributed by atoms with Crippen LogP contribution in [-0.4, -0.2) is 46.6 Å². The fourth-order valence-electron chi connectivity index (χ4n) is 1.79. The molecule has 0 aromatic heterocycles. The van der Waals surface area contributed by atoms with E-state index in [4.69, 9.17) is 14.5 Å². The van der Waals surface area contributed by atoms with Crippen LogP contribution in [0.2, 0.25) is 0 Å². The maximum absolute atomic E-state index is 11.9. The smallest absolute Gasteiger partial charge is 0.449 e. The lowest BCUT2D eigenvalue weighted by atomic mass is 9.99. The van der Waals surface area contributed by atoms with Crippen molar-refractivity contribution in [3.05, 3.63) is 0 Å². The number of phosphoric acid groups is 1. The molecule has 1 rings (SSSR count). The largest absolute Gasteiger partial charge is 0.469 e. The summed E-state index contributed by atoms with van der Waals surface area (Å²) in [5.41, 5.74) is -0.118. The average molecular weight is 295 g/mol. The molecule has 0 aromatic carbocycles. The predicted molar refractivity (Wildman–Crippen MR) is 68.5 cm³/mol. The summed E-state index contributed by atoms with van der Waals surface area (Å²) < 4.78 is 20.3. The van der Waals surface area contributed by atoms with Gasteiger partial charge in [-0.1, -0.05) is 20.8 Å². The molecule has 0 radical (unpaired) electrons. The van der Waals surface area contributed by atoms with Gasteiger partial charge in [0.25, 0.3) is 0 Å². The first kappa shape index (κ1) is 16.4. The van der Waals surface area contributed by atoms with Crippen LogP contribution in [0.25, 0.3) is 0 Å². The lowest BCUT2D eigenvalue weighted by Gasteiger charge is -2.26. The highest BCUT2D eigenvalue weighted by atomic mass is 31.2. The molecule has 0 spiro atoms. The summed E-state index contributed by atoms with van der Waals surface area (Å²) in [7, 11) is -4.50. The zero-order valence-corrected chi connectivity index (χ0v) is 12.4. The van der Waals surface area contributed by atoms with Crippen LogP contribution in [0, 0.1) is 5.41 Å². The second kappa shape index (κ2) is 6.22. The van der Waals surface area contributed by atoms with Crippen LogP contribution in [0.1, 0.15) is 33.6 Å². The Morgan fingerprint density at radius 1 is 1.42 bits per heavy atom. The van der Waals surface area contributed by atoms with Crippen molar-refractivity contribution in [3.63, 3.8) is 0 Å². The van der Waals surface area contributed by atoms with Gasteiger partial charge in [0, 0.05) is 6.54 Å². The molecule has 1 amide bonds. The minimum absolute atomic E-state index is 0.118. The van der Waals surface area contributed by atoms with Gasteiger partial charge >= 0.3 is 13.9 Å². The Hall–Kier alpha value is -0.620. The Balaban J connectivity index is 2.47. The number of amides is 1. The van der Waals surface area contributed by atoms with E-state index in [0.717, 1.165) is 6.42 Å². The number of carbonyl (C=O) groups is 1. The van der Waals surface area contributed by atoms with Crippen molar-refractivity contribution in [1.29, 1.82) is 0 Å². The number of carbonyl (C=O) groups excluding carboxylic acids is 1. The van der Waals surface area contributed by atoms with E-state index in [1.54, 1.807) is 0 Å². The Labute approximate surface area is 113 Å². The van der Waals surface area contributed by atoms with Crippen LogP contribution in [0.3, 0.4) is 0 Å². The number of hydrogen-bond acceptors (Lipinski definition) is 4. The topological polar surface area (TPSA) is 96.3 Å². The summed E-state index contributed by atoms with van der Waals surface area (Å²) in [6.45, 7) is 6.53. The molecule has 0 aromatic rings. The normalized spacial score (nSPS) is 20.7. The Morgan fingerprint density at radius 3 is 2.58 bits per heavy atom. The molecule has 112 valence electrons. The lowest BCUT2D eigenvalue weighted by molar-refractivity contribution is 0.0591. The van der Waals surface area contributed by atoms with Crippen molar-refractivity contribution < 1.29 is 28.4 Å². The zero-order chi connectivity index (χ0) is 14.7. The van der Waals surface area contributed by atoms with E-state index in [9.17, 15) is 9.36 Å². The first-order valence-corrected chi connectivity index (χ1v) is 7.75. The van der Waals surface area contributed by atoms with Crippen LogP contribution in [0.4, 0.5) is 4.79 Å². The maximum Gasteiger partial charge on any atom is 0.469 e. The molecule has 1 atom stereocenters. The third-order valence-electron chi connectivity index (χ3n) is 2.68. The molecular weight excluding hydrogens is 273 g/mol. The van der Waals surface area contributed by atoms with Gasteiger partial charge in [0.15, 0.2) is 0 Å². The van der Waals surface area contributed by atoms with Crippen LogP contribution >= 0.6 is 7.82 Å². The monoisotopic (exact) mass is 295 g/mol. The Kier molecular flexibility index (Phi) is 5.38. The summed E-state index contributed by atoms with van der Waals surface area (Å²) in [5.74, 6) is 0. The molecule has 1 aliphatic heterocycles. The van der Waals surface area contributed by atoms with Crippen molar-refractivity contribution in [3.8, 4) is 0 Å². The SMILES string of the molecule is CC(C)(C)COC(=O)N1CCCC1COP(=O)(O)O. The van der Waals surface area contributed by atoms with Gasteiger partial charge < -0.3 is 19.4 Å². The van der Waals surface area contributed by atoms with E-state index in [0.29, 0.717) is 19.6 Å². The number of rotatable bonds is 4. The van der Waals surface area contributed by atoms with Crippen LogP contribution in [0.5, 0.6) is 0 Å². The van der Waals surface area contributed by atoms with E-state index in [1.165, 1.54) is 4.90 Å². The van der Waals surface area contributed by atoms with E-state index in [1.807, 2.05) is 20.8 Å². The number of nitrogens with zero attached hydrogens (tertiary/aromatic N) is 1. The minimum atomic E-state index is -4.50. The Bertz CT molecular complexity index is 361. The summed E-state index contributed by atoms with van der Waals surface area (Å²) in [4.78, 5) is 30.7. The van der Waals surface area contributed by atoms with Gasteiger partial charge in [-0.15, -0.1) is 0 Å². The van der Waals surface area contributed by atoms with Gasteiger partial charge in [0.05, 0.1) is 19.3 Å². The van der Waals surface area contributed by atoms with E-state index < -0.39 is 13.9 Å². The third-order valence-corrected chi connectivity index (χ3v) is 3.16. The lowest BCUT2D eigenvalue weighted by Crippen LogP contribution is -2.39. The number of likely N-dealkylation sites (tertiary alicyclic amines) is 1. The van der Waals surface area contributed by atoms with Gasteiger partial charge in [0.1, 0.15) is 0 Å². The molecule has 1 fully saturated rings. The fourth-order valence-corrected chi connectivity index (χ4v) is 2.16. The molecule has 1 unspecified atom stereocenters.